The third-order valence-corrected chi connectivity index (χ3v) is 8.10. The zero-order chi connectivity index (χ0) is 31.2. The first kappa shape index (κ1) is 28.9. The highest BCUT2D eigenvalue weighted by molar-refractivity contribution is 5.96. The van der Waals surface area contributed by atoms with Crippen molar-refractivity contribution in [2.24, 2.45) is 0 Å². The Balaban J connectivity index is 1.66. The quantitative estimate of drug-likeness (QED) is 0.227. The van der Waals surface area contributed by atoms with E-state index in [0.29, 0.717) is 17.0 Å². The molecule has 2 aromatic heterocycles. The molecule has 0 fully saturated rings. The molecule has 0 bridgehead atoms. The molecule has 2 heterocycles. The molecule has 6 aromatic rings. The summed E-state index contributed by atoms with van der Waals surface area (Å²) in [6.07, 6.45) is 1.68. The topological polar surface area (TPSA) is 74.7 Å². The monoisotopic (exact) mass is 576 g/mol. The number of imidazole rings is 1. The van der Waals surface area contributed by atoms with Crippen molar-refractivity contribution < 1.29 is 5.11 Å². The van der Waals surface area contributed by atoms with Gasteiger partial charge in [0, 0.05) is 23.0 Å². The van der Waals surface area contributed by atoms with Crippen LogP contribution in [-0.2, 0) is 10.8 Å². The van der Waals surface area contributed by atoms with Gasteiger partial charge in [-0.3, -0.25) is 9.55 Å². The number of aromatic hydroxyl groups is 1. The van der Waals surface area contributed by atoms with E-state index in [2.05, 4.69) is 112 Å². The SMILES string of the molecule is CC(C)(C)c1cc(-c2cc(C#N)ccn2)cc(-c2cccc3c2nc(-c2cc(C(C)(C)C)ccc2O)n3-c2ccccc2)c1. The van der Waals surface area contributed by atoms with Crippen LogP contribution in [0.25, 0.3) is 50.5 Å². The number of fused-ring (bicyclic) bond motifs is 1. The van der Waals surface area contributed by atoms with Crippen LogP contribution in [0.5, 0.6) is 5.75 Å². The molecule has 5 heteroatoms. The lowest BCUT2D eigenvalue weighted by atomic mass is 9.83. The standard InChI is InChI=1S/C39H36N4O/c1-38(2,3)28-15-16-35(44)32(23-28)37-42-36-31(13-10-14-34(36)43(37)30-11-8-7-9-12-30)26-20-27(22-29(21-26)39(4,5)6)33-19-25(24-40)17-18-41-33/h7-23,44H,1-6H3. The molecule has 0 aliphatic rings. The minimum absolute atomic E-state index is 0.0993. The van der Waals surface area contributed by atoms with Crippen LogP contribution in [0.4, 0.5) is 0 Å². The van der Waals surface area contributed by atoms with Gasteiger partial charge in [-0.05, 0) is 82.1 Å². The molecule has 0 saturated heterocycles. The molecule has 6 rings (SSSR count). The minimum Gasteiger partial charge on any atom is -0.507 e. The molecule has 0 amide bonds. The van der Waals surface area contributed by atoms with E-state index in [1.54, 1.807) is 18.3 Å². The van der Waals surface area contributed by atoms with E-state index in [-0.39, 0.29) is 16.6 Å². The highest BCUT2D eigenvalue weighted by Crippen LogP contribution is 2.40. The molecular formula is C39H36N4O. The molecule has 5 nitrogen and oxygen atoms in total. The summed E-state index contributed by atoms with van der Waals surface area (Å²) in [6, 6.07) is 34.5. The minimum atomic E-state index is -0.126. The largest absolute Gasteiger partial charge is 0.507 e. The van der Waals surface area contributed by atoms with Crippen molar-refractivity contribution in [1.82, 2.24) is 14.5 Å². The summed E-state index contributed by atoms with van der Waals surface area (Å²) in [5.74, 6) is 0.866. The summed E-state index contributed by atoms with van der Waals surface area (Å²) in [5.41, 5.74) is 9.74. The fourth-order valence-electron chi connectivity index (χ4n) is 5.55. The Labute approximate surface area is 259 Å². The number of benzene rings is 4. The number of hydrogen-bond donors (Lipinski definition) is 1. The highest BCUT2D eigenvalue weighted by atomic mass is 16.3. The fourth-order valence-corrected chi connectivity index (χ4v) is 5.55. The van der Waals surface area contributed by atoms with Crippen molar-refractivity contribution in [3.63, 3.8) is 0 Å². The maximum absolute atomic E-state index is 11.2. The van der Waals surface area contributed by atoms with Gasteiger partial charge in [0.05, 0.1) is 33.9 Å². The second-order valence-corrected chi connectivity index (χ2v) is 13.4. The predicted octanol–water partition coefficient (Wildman–Crippen LogP) is 9.59. The van der Waals surface area contributed by atoms with Gasteiger partial charge in [-0.1, -0.05) is 84.0 Å². The van der Waals surface area contributed by atoms with Crippen LogP contribution in [-0.4, -0.2) is 19.6 Å². The molecule has 0 aliphatic heterocycles. The number of rotatable bonds is 4. The third-order valence-electron chi connectivity index (χ3n) is 8.10. The van der Waals surface area contributed by atoms with Gasteiger partial charge in [0.15, 0.2) is 0 Å². The Bertz CT molecular complexity index is 2050. The zero-order valence-corrected chi connectivity index (χ0v) is 26.1. The summed E-state index contributed by atoms with van der Waals surface area (Å²) in [7, 11) is 0. The lowest BCUT2D eigenvalue weighted by Crippen LogP contribution is -2.11. The van der Waals surface area contributed by atoms with E-state index in [9.17, 15) is 10.4 Å². The van der Waals surface area contributed by atoms with Gasteiger partial charge in [0.25, 0.3) is 0 Å². The maximum Gasteiger partial charge on any atom is 0.149 e. The van der Waals surface area contributed by atoms with Crippen molar-refractivity contribution in [2.75, 3.05) is 0 Å². The molecule has 4 aromatic carbocycles. The van der Waals surface area contributed by atoms with Crippen molar-refractivity contribution in [1.29, 1.82) is 5.26 Å². The van der Waals surface area contributed by atoms with Crippen LogP contribution in [0.2, 0.25) is 0 Å². The van der Waals surface area contributed by atoms with Gasteiger partial charge in [0.2, 0.25) is 0 Å². The number of aromatic nitrogens is 3. The number of phenolic OH excluding ortho intramolecular Hbond substituents is 1. The first-order chi connectivity index (χ1) is 20.9. The van der Waals surface area contributed by atoms with Gasteiger partial charge in [0.1, 0.15) is 11.6 Å². The van der Waals surface area contributed by atoms with Crippen molar-refractivity contribution in [3.05, 3.63) is 120 Å². The Morgan fingerprint density at radius 2 is 1.43 bits per heavy atom. The predicted molar refractivity (Wildman–Crippen MR) is 179 cm³/mol. The lowest BCUT2D eigenvalue weighted by molar-refractivity contribution is 0.475. The third kappa shape index (κ3) is 5.36. The Hall–Kier alpha value is -5.21. The molecule has 0 radical (unpaired) electrons. The molecule has 1 N–H and O–H groups in total. The summed E-state index contributed by atoms with van der Waals surface area (Å²) < 4.78 is 2.13. The van der Waals surface area contributed by atoms with E-state index < -0.39 is 0 Å². The number of hydrogen-bond acceptors (Lipinski definition) is 4. The Morgan fingerprint density at radius 1 is 0.705 bits per heavy atom. The first-order valence-electron chi connectivity index (χ1n) is 14.9. The number of para-hydroxylation sites is 2. The molecule has 0 spiro atoms. The van der Waals surface area contributed by atoms with Crippen LogP contribution in [0.1, 0.15) is 58.2 Å². The Morgan fingerprint density at radius 3 is 2.14 bits per heavy atom. The summed E-state index contributed by atoms with van der Waals surface area (Å²) >= 11 is 0. The summed E-state index contributed by atoms with van der Waals surface area (Å²) in [5, 5.41) is 20.7. The molecular weight excluding hydrogens is 540 g/mol. The van der Waals surface area contributed by atoms with Gasteiger partial charge >= 0.3 is 0 Å². The summed E-state index contributed by atoms with van der Waals surface area (Å²) in [6.45, 7) is 13.1. The van der Waals surface area contributed by atoms with Gasteiger partial charge in [-0.2, -0.15) is 5.26 Å². The van der Waals surface area contributed by atoms with E-state index in [1.165, 1.54) is 0 Å². The fraction of sp³-hybridized carbons (Fsp3) is 0.205. The molecule has 44 heavy (non-hydrogen) atoms. The number of nitrogens with zero attached hydrogens (tertiary/aromatic N) is 4. The van der Waals surface area contributed by atoms with E-state index in [4.69, 9.17) is 4.98 Å². The highest BCUT2D eigenvalue weighted by Gasteiger charge is 2.23. The van der Waals surface area contributed by atoms with Crippen LogP contribution >= 0.6 is 0 Å². The van der Waals surface area contributed by atoms with Crippen LogP contribution in [0.15, 0.2) is 103 Å². The van der Waals surface area contributed by atoms with E-state index in [1.807, 2.05) is 30.3 Å². The number of phenols is 1. The van der Waals surface area contributed by atoms with Crippen molar-refractivity contribution in [3.8, 4) is 51.3 Å². The average Bonchev–Trinajstić information content (AvgIpc) is 3.40. The summed E-state index contributed by atoms with van der Waals surface area (Å²) in [4.78, 5) is 9.90. The molecule has 0 unspecified atom stereocenters. The maximum atomic E-state index is 11.2. The smallest absolute Gasteiger partial charge is 0.149 e. The lowest BCUT2D eigenvalue weighted by Gasteiger charge is -2.21. The molecule has 218 valence electrons. The number of nitriles is 1. The van der Waals surface area contributed by atoms with Crippen molar-refractivity contribution in [2.45, 2.75) is 52.4 Å². The molecule has 0 saturated carbocycles. The van der Waals surface area contributed by atoms with Crippen molar-refractivity contribution >= 4 is 11.0 Å². The second-order valence-electron chi connectivity index (χ2n) is 13.4. The molecule has 0 aliphatic carbocycles. The van der Waals surface area contributed by atoms with Gasteiger partial charge < -0.3 is 5.11 Å². The zero-order valence-electron chi connectivity index (χ0n) is 26.1. The second kappa shape index (κ2) is 10.8. The van der Waals surface area contributed by atoms with E-state index >= 15 is 0 Å². The number of pyridine rings is 1. The van der Waals surface area contributed by atoms with Gasteiger partial charge in [-0.15, -0.1) is 0 Å². The average molecular weight is 577 g/mol. The first-order valence-corrected chi connectivity index (χ1v) is 14.9. The van der Waals surface area contributed by atoms with E-state index in [0.717, 1.165) is 50.2 Å². The van der Waals surface area contributed by atoms with Crippen LogP contribution in [0.3, 0.4) is 0 Å². The Kier molecular flexibility index (Phi) is 7.10. The molecule has 0 atom stereocenters. The van der Waals surface area contributed by atoms with Crippen LogP contribution in [0, 0.1) is 11.3 Å². The normalized spacial score (nSPS) is 11.9. The van der Waals surface area contributed by atoms with Gasteiger partial charge in [-0.25, -0.2) is 4.98 Å². The van der Waals surface area contributed by atoms with Crippen LogP contribution < -0.4 is 0 Å².